The molecule has 0 aliphatic carbocycles. The molecule has 2 fully saturated rings. The fourth-order valence-corrected chi connectivity index (χ4v) is 3.05. The number of nitrogens with one attached hydrogen (secondary N) is 1. The average Bonchev–Trinajstić information content (AvgIpc) is 2.46. The van der Waals surface area contributed by atoms with Crippen LogP contribution in [0.3, 0.4) is 0 Å². The second-order valence-electron chi connectivity index (χ2n) is 6.23. The number of nitrogens with zero attached hydrogens (tertiary/aromatic N) is 2. The lowest BCUT2D eigenvalue weighted by Crippen LogP contribution is -2.49. The van der Waals surface area contributed by atoms with Gasteiger partial charge >= 0.3 is 6.03 Å². The second-order valence-corrected chi connectivity index (χ2v) is 6.23. The van der Waals surface area contributed by atoms with Gasteiger partial charge in [-0.05, 0) is 43.8 Å². The molecule has 4 heteroatoms. The van der Waals surface area contributed by atoms with E-state index in [1.54, 1.807) is 0 Å². The Morgan fingerprint density at radius 1 is 1.10 bits per heavy atom. The van der Waals surface area contributed by atoms with Crippen LogP contribution in [0.15, 0.2) is 30.3 Å². The van der Waals surface area contributed by atoms with Crippen molar-refractivity contribution >= 4 is 6.03 Å². The number of urea groups is 1. The zero-order chi connectivity index (χ0) is 14.5. The smallest absolute Gasteiger partial charge is 0.317 e. The fraction of sp³-hybridized carbons (Fsp3) is 0.588. The number of piperidine rings is 1. The SMILES string of the molecule is O=C(NCC1CCN(Cc2ccccc2)CC1)N1CCC1. The number of carbonyl (C=O) groups excluding carboxylic acids is 1. The Morgan fingerprint density at radius 3 is 2.43 bits per heavy atom. The van der Waals surface area contributed by atoms with Gasteiger partial charge in [-0.2, -0.15) is 0 Å². The molecule has 3 rings (SSSR count). The van der Waals surface area contributed by atoms with Gasteiger partial charge in [-0.1, -0.05) is 30.3 Å². The molecule has 21 heavy (non-hydrogen) atoms. The van der Waals surface area contributed by atoms with Crippen molar-refractivity contribution in [1.82, 2.24) is 15.1 Å². The quantitative estimate of drug-likeness (QED) is 0.922. The first-order valence-electron chi connectivity index (χ1n) is 8.10. The molecule has 2 saturated heterocycles. The molecule has 0 saturated carbocycles. The zero-order valence-corrected chi connectivity index (χ0v) is 12.6. The molecule has 0 aromatic heterocycles. The largest absolute Gasteiger partial charge is 0.338 e. The van der Waals surface area contributed by atoms with E-state index in [9.17, 15) is 4.79 Å². The van der Waals surface area contributed by atoms with Crippen LogP contribution in [0.1, 0.15) is 24.8 Å². The molecular formula is C17H25N3O. The van der Waals surface area contributed by atoms with Crippen molar-refractivity contribution in [2.45, 2.75) is 25.8 Å². The lowest BCUT2D eigenvalue weighted by atomic mass is 9.96. The van der Waals surface area contributed by atoms with Crippen molar-refractivity contribution in [2.24, 2.45) is 5.92 Å². The molecule has 2 aliphatic heterocycles. The molecule has 1 aromatic carbocycles. The summed E-state index contributed by atoms with van der Waals surface area (Å²) in [6, 6.07) is 10.8. The van der Waals surface area contributed by atoms with Gasteiger partial charge in [0.1, 0.15) is 0 Å². The maximum absolute atomic E-state index is 11.8. The van der Waals surface area contributed by atoms with Crippen molar-refractivity contribution in [1.29, 1.82) is 0 Å². The van der Waals surface area contributed by atoms with Crippen LogP contribution >= 0.6 is 0 Å². The van der Waals surface area contributed by atoms with Crippen LogP contribution in [0.25, 0.3) is 0 Å². The summed E-state index contributed by atoms with van der Waals surface area (Å²) >= 11 is 0. The maximum Gasteiger partial charge on any atom is 0.317 e. The van der Waals surface area contributed by atoms with Crippen molar-refractivity contribution < 1.29 is 4.79 Å². The van der Waals surface area contributed by atoms with E-state index in [0.717, 1.165) is 45.7 Å². The van der Waals surface area contributed by atoms with E-state index in [0.29, 0.717) is 5.92 Å². The number of hydrogen-bond acceptors (Lipinski definition) is 2. The molecular weight excluding hydrogens is 262 g/mol. The van der Waals surface area contributed by atoms with E-state index < -0.39 is 0 Å². The number of likely N-dealkylation sites (tertiary alicyclic amines) is 2. The van der Waals surface area contributed by atoms with Crippen LogP contribution < -0.4 is 5.32 Å². The summed E-state index contributed by atoms with van der Waals surface area (Å²) in [6.07, 6.45) is 3.53. The van der Waals surface area contributed by atoms with E-state index in [-0.39, 0.29) is 6.03 Å². The zero-order valence-electron chi connectivity index (χ0n) is 12.6. The lowest BCUT2D eigenvalue weighted by molar-refractivity contribution is 0.155. The lowest BCUT2D eigenvalue weighted by Gasteiger charge is -2.34. The Bertz CT molecular complexity index is 450. The van der Waals surface area contributed by atoms with Gasteiger partial charge in [0.25, 0.3) is 0 Å². The van der Waals surface area contributed by atoms with Gasteiger partial charge in [-0.15, -0.1) is 0 Å². The highest BCUT2D eigenvalue weighted by Gasteiger charge is 2.23. The first-order valence-corrected chi connectivity index (χ1v) is 8.10. The number of carbonyl (C=O) groups is 1. The van der Waals surface area contributed by atoms with E-state index in [1.165, 1.54) is 18.4 Å². The standard InChI is InChI=1S/C17H25N3O/c21-17(20-9-4-10-20)18-13-15-7-11-19(12-8-15)14-16-5-2-1-3-6-16/h1-3,5-6,15H,4,7-14H2,(H,18,21). The van der Waals surface area contributed by atoms with E-state index >= 15 is 0 Å². The van der Waals surface area contributed by atoms with Crippen molar-refractivity contribution in [3.63, 3.8) is 0 Å². The Morgan fingerprint density at radius 2 is 1.81 bits per heavy atom. The van der Waals surface area contributed by atoms with Crippen LogP contribution in [-0.2, 0) is 6.54 Å². The predicted molar refractivity (Wildman–Crippen MR) is 84.0 cm³/mol. The Hall–Kier alpha value is -1.55. The van der Waals surface area contributed by atoms with Gasteiger partial charge in [-0.25, -0.2) is 4.79 Å². The molecule has 0 unspecified atom stereocenters. The molecule has 0 bridgehead atoms. The minimum Gasteiger partial charge on any atom is -0.338 e. The summed E-state index contributed by atoms with van der Waals surface area (Å²) in [7, 11) is 0. The first kappa shape index (κ1) is 14.4. The molecule has 1 N–H and O–H groups in total. The minimum atomic E-state index is 0.132. The summed E-state index contributed by atoms with van der Waals surface area (Å²) in [5.74, 6) is 0.641. The van der Waals surface area contributed by atoms with E-state index in [2.05, 4.69) is 40.5 Å². The predicted octanol–water partition coefficient (Wildman–Crippen LogP) is 2.31. The molecule has 0 atom stereocenters. The number of amides is 2. The molecule has 114 valence electrons. The molecule has 0 radical (unpaired) electrons. The second kappa shape index (κ2) is 6.94. The Kier molecular flexibility index (Phi) is 4.76. The first-order chi connectivity index (χ1) is 10.3. The maximum atomic E-state index is 11.8. The van der Waals surface area contributed by atoms with Crippen LogP contribution in [-0.4, -0.2) is 48.6 Å². The third-order valence-electron chi connectivity index (χ3n) is 4.64. The third kappa shape index (κ3) is 3.97. The highest BCUT2D eigenvalue weighted by Crippen LogP contribution is 2.18. The van der Waals surface area contributed by atoms with Crippen LogP contribution in [0.5, 0.6) is 0 Å². The van der Waals surface area contributed by atoms with Crippen LogP contribution in [0, 0.1) is 5.92 Å². The fourth-order valence-electron chi connectivity index (χ4n) is 3.05. The number of benzene rings is 1. The number of rotatable bonds is 4. The van der Waals surface area contributed by atoms with Crippen LogP contribution in [0.4, 0.5) is 4.79 Å². The number of hydrogen-bond donors (Lipinski definition) is 1. The summed E-state index contributed by atoms with van der Waals surface area (Å²) in [4.78, 5) is 16.2. The van der Waals surface area contributed by atoms with E-state index in [4.69, 9.17) is 0 Å². The molecule has 4 nitrogen and oxygen atoms in total. The van der Waals surface area contributed by atoms with Gasteiger partial charge in [-0.3, -0.25) is 4.90 Å². The Labute approximate surface area is 127 Å². The van der Waals surface area contributed by atoms with Crippen molar-refractivity contribution in [3.8, 4) is 0 Å². The van der Waals surface area contributed by atoms with Gasteiger partial charge in [0.15, 0.2) is 0 Å². The van der Waals surface area contributed by atoms with Crippen molar-refractivity contribution in [3.05, 3.63) is 35.9 Å². The van der Waals surface area contributed by atoms with E-state index in [1.807, 2.05) is 4.90 Å². The Balaban J connectivity index is 1.36. The van der Waals surface area contributed by atoms with Gasteiger partial charge in [0, 0.05) is 26.2 Å². The molecule has 2 aliphatic rings. The summed E-state index contributed by atoms with van der Waals surface area (Å²) in [5.41, 5.74) is 1.39. The topological polar surface area (TPSA) is 35.6 Å². The van der Waals surface area contributed by atoms with Gasteiger partial charge < -0.3 is 10.2 Å². The average molecular weight is 287 g/mol. The highest BCUT2D eigenvalue weighted by molar-refractivity contribution is 5.74. The summed E-state index contributed by atoms with van der Waals surface area (Å²) in [5, 5.41) is 3.09. The monoisotopic (exact) mass is 287 g/mol. The molecule has 1 aromatic rings. The molecule has 2 amide bonds. The summed E-state index contributed by atoms with van der Waals surface area (Å²) < 4.78 is 0. The van der Waals surface area contributed by atoms with Crippen LogP contribution in [0.2, 0.25) is 0 Å². The molecule has 2 heterocycles. The normalized spacial score (nSPS) is 20.1. The highest BCUT2D eigenvalue weighted by atomic mass is 16.2. The minimum absolute atomic E-state index is 0.132. The molecule has 0 spiro atoms. The van der Waals surface area contributed by atoms with Crippen molar-refractivity contribution in [2.75, 3.05) is 32.7 Å². The summed E-state index contributed by atoms with van der Waals surface area (Å²) in [6.45, 7) is 6.03. The third-order valence-corrected chi connectivity index (χ3v) is 4.64. The van der Waals surface area contributed by atoms with Gasteiger partial charge in [0.2, 0.25) is 0 Å². The van der Waals surface area contributed by atoms with Gasteiger partial charge in [0.05, 0.1) is 0 Å².